The molecule has 2 aromatic carbocycles. The van der Waals surface area contributed by atoms with Crippen LogP contribution < -0.4 is 15.1 Å². The Hall–Kier alpha value is -3.04. The monoisotopic (exact) mass is 337 g/mol. The molecule has 0 aliphatic carbocycles. The molecule has 3 rings (SSSR count). The van der Waals surface area contributed by atoms with Gasteiger partial charge >= 0.3 is 0 Å². The quantitative estimate of drug-likeness (QED) is 0.764. The molecule has 1 fully saturated rings. The third-order valence-corrected chi connectivity index (χ3v) is 4.43. The van der Waals surface area contributed by atoms with Gasteiger partial charge in [-0.25, -0.2) is 0 Å². The summed E-state index contributed by atoms with van der Waals surface area (Å²) >= 11 is 0. The number of piperazine rings is 1. The van der Waals surface area contributed by atoms with Crippen LogP contribution in [0.1, 0.15) is 5.56 Å². The number of hydrogen-bond donors (Lipinski definition) is 3. The molecule has 1 amide bonds. The molecule has 0 aromatic heterocycles. The van der Waals surface area contributed by atoms with Crippen LogP contribution in [-0.4, -0.2) is 43.7 Å². The Kier molecular flexibility index (Phi) is 5.17. The fraction of sp³-hybridized carbons (Fsp3) is 0.263. The molecule has 0 saturated carbocycles. The topological polar surface area (TPSA) is 80.8 Å². The van der Waals surface area contributed by atoms with E-state index in [1.807, 2.05) is 18.2 Å². The Balaban J connectivity index is 1.53. The van der Waals surface area contributed by atoms with Crippen LogP contribution in [-0.2, 0) is 4.79 Å². The summed E-state index contributed by atoms with van der Waals surface area (Å²) in [7, 11) is 0. The lowest BCUT2D eigenvalue weighted by atomic mass is 10.2. The van der Waals surface area contributed by atoms with Crippen molar-refractivity contribution >= 4 is 17.3 Å². The number of nitrogens with zero attached hydrogens (tertiary/aromatic N) is 2. The van der Waals surface area contributed by atoms with Crippen LogP contribution in [0.25, 0.3) is 0 Å². The standard InChI is InChI=1S/C19H20N4O2/c20-13-15-5-1-2-6-16(15)21-19(25)14-22-9-11-23(12-10-22)17-7-3-4-8-18(17)24/h1-8,24H,9-12,14H2,(H,21,25)/p+1. The van der Waals surface area contributed by atoms with Crippen molar-refractivity contribution in [2.24, 2.45) is 0 Å². The van der Waals surface area contributed by atoms with Gasteiger partial charge in [0.15, 0.2) is 6.54 Å². The lowest BCUT2D eigenvalue weighted by molar-refractivity contribution is -0.892. The van der Waals surface area contributed by atoms with Crippen LogP contribution in [0.2, 0.25) is 0 Å². The second kappa shape index (κ2) is 7.69. The molecule has 1 saturated heterocycles. The van der Waals surface area contributed by atoms with E-state index in [2.05, 4.69) is 16.3 Å². The third-order valence-electron chi connectivity index (χ3n) is 4.43. The molecule has 0 radical (unpaired) electrons. The van der Waals surface area contributed by atoms with Crippen molar-refractivity contribution in [1.29, 1.82) is 5.26 Å². The number of aromatic hydroxyl groups is 1. The highest BCUT2D eigenvalue weighted by molar-refractivity contribution is 5.92. The number of phenols is 1. The van der Waals surface area contributed by atoms with Crippen molar-refractivity contribution in [2.75, 3.05) is 42.9 Å². The van der Waals surface area contributed by atoms with E-state index in [-0.39, 0.29) is 11.7 Å². The lowest BCUT2D eigenvalue weighted by Crippen LogP contribution is -3.15. The number of rotatable bonds is 4. The van der Waals surface area contributed by atoms with Crippen molar-refractivity contribution in [3.63, 3.8) is 0 Å². The first kappa shape index (κ1) is 16.8. The SMILES string of the molecule is N#Cc1ccccc1NC(=O)C[NH+]1CCN(c2ccccc2O)CC1. The second-order valence-corrected chi connectivity index (χ2v) is 6.11. The van der Waals surface area contributed by atoms with Crippen molar-refractivity contribution < 1.29 is 14.8 Å². The molecule has 6 heteroatoms. The molecular weight excluding hydrogens is 316 g/mol. The Morgan fingerprint density at radius 3 is 2.56 bits per heavy atom. The van der Waals surface area contributed by atoms with Crippen molar-refractivity contribution in [1.82, 2.24) is 0 Å². The molecule has 1 aliphatic heterocycles. The molecular formula is C19H21N4O2+. The average molecular weight is 337 g/mol. The second-order valence-electron chi connectivity index (χ2n) is 6.11. The molecule has 0 bridgehead atoms. The molecule has 3 N–H and O–H groups in total. The van der Waals surface area contributed by atoms with Gasteiger partial charge < -0.3 is 20.2 Å². The number of benzene rings is 2. The summed E-state index contributed by atoms with van der Waals surface area (Å²) in [4.78, 5) is 15.6. The lowest BCUT2D eigenvalue weighted by Gasteiger charge is -2.33. The number of carbonyl (C=O) groups is 1. The van der Waals surface area contributed by atoms with E-state index in [1.165, 1.54) is 4.90 Å². The molecule has 1 aliphatic rings. The molecule has 0 unspecified atom stereocenters. The van der Waals surface area contributed by atoms with Gasteiger partial charge in [0, 0.05) is 0 Å². The predicted molar refractivity (Wildman–Crippen MR) is 95.7 cm³/mol. The van der Waals surface area contributed by atoms with Crippen LogP contribution in [0.5, 0.6) is 5.75 Å². The van der Waals surface area contributed by atoms with Gasteiger partial charge in [-0.05, 0) is 24.3 Å². The minimum atomic E-state index is -0.0892. The van der Waals surface area contributed by atoms with Crippen molar-refractivity contribution in [3.8, 4) is 11.8 Å². The first-order valence-electron chi connectivity index (χ1n) is 8.33. The Morgan fingerprint density at radius 1 is 1.16 bits per heavy atom. The highest BCUT2D eigenvalue weighted by Gasteiger charge is 2.23. The van der Waals surface area contributed by atoms with Gasteiger partial charge in [0.2, 0.25) is 0 Å². The van der Waals surface area contributed by atoms with Crippen LogP contribution in [0, 0.1) is 11.3 Å². The molecule has 2 aromatic rings. The van der Waals surface area contributed by atoms with Gasteiger partial charge in [-0.3, -0.25) is 4.79 Å². The maximum Gasteiger partial charge on any atom is 0.279 e. The Labute approximate surface area is 146 Å². The summed E-state index contributed by atoms with van der Waals surface area (Å²) in [5, 5.41) is 21.9. The zero-order valence-electron chi connectivity index (χ0n) is 13.9. The van der Waals surface area contributed by atoms with E-state index in [1.54, 1.807) is 30.3 Å². The number of nitriles is 1. The van der Waals surface area contributed by atoms with E-state index in [0.29, 0.717) is 17.8 Å². The molecule has 1 heterocycles. The maximum atomic E-state index is 12.3. The summed E-state index contributed by atoms with van der Waals surface area (Å²) in [5.41, 5.74) is 1.87. The third kappa shape index (κ3) is 4.08. The zero-order chi connectivity index (χ0) is 17.6. The molecule has 128 valence electrons. The number of quaternary nitrogens is 1. The summed E-state index contributed by atoms with van der Waals surface area (Å²) < 4.78 is 0. The van der Waals surface area contributed by atoms with Crippen LogP contribution in [0.4, 0.5) is 11.4 Å². The highest BCUT2D eigenvalue weighted by atomic mass is 16.3. The van der Waals surface area contributed by atoms with Gasteiger partial charge in [0.1, 0.15) is 11.8 Å². The summed E-state index contributed by atoms with van der Waals surface area (Å²) in [6.07, 6.45) is 0. The first-order valence-corrected chi connectivity index (χ1v) is 8.33. The molecule has 25 heavy (non-hydrogen) atoms. The van der Waals surface area contributed by atoms with Crippen LogP contribution in [0.15, 0.2) is 48.5 Å². The maximum absolute atomic E-state index is 12.3. The normalized spacial score (nSPS) is 14.8. The Morgan fingerprint density at radius 2 is 1.84 bits per heavy atom. The predicted octanol–water partition coefficient (Wildman–Crippen LogP) is 0.607. The van der Waals surface area contributed by atoms with E-state index >= 15 is 0 Å². The van der Waals surface area contributed by atoms with Crippen LogP contribution >= 0.6 is 0 Å². The summed E-state index contributed by atoms with van der Waals surface area (Å²) in [5.74, 6) is 0.200. The minimum absolute atomic E-state index is 0.0892. The van der Waals surface area contributed by atoms with Crippen molar-refractivity contribution in [3.05, 3.63) is 54.1 Å². The van der Waals surface area contributed by atoms with Gasteiger partial charge in [-0.15, -0.1) is 0 Å². The highest BCUT2D eigenvalue weighted by Crippen LogP contribution is 2.25. The van der Waals surface area contributed by atoms with E-state index in [0.717, 1.165) is 31.9 Å². The fourth-order valence-corrected chi connectivity index (χ4v) is 3.08. The molecule has 6 nitrogen and oxygen atoms in total. The van der Waals surface area contributed by atoms with Crippen LogP contribution in [0.3, 0.4) is 0 Å². The number of para-hydroxylation sites is 3. The number of nitrogens with one attached hydrogen (secondary N) is 2. The minimum Gasteiger partial charge on any atom is -0.506 e. The number of hydrogen-bond acceptors (Lipinski definition) is 4. The van der Waals surface area contributed by atoms with Gasteiger partial charge in [-0.2, -0.15) is 5.26 Å². The number of phenolic OH excluding ortho intramolecular Hbond substituents is 1. The Bertz CT molecular complexity index is 792. The number of anilines is 2. The smallest absolute Gasteiger partial charge is 0.279 e. The summed E-state index contributed by atoms with van der Waals surface area (Å²) in [6.45, 7) is 3.58. The molecule has 0 spiro atoms. The fourth-order valence-electron chi connectivity index (χ4n) is 3.08. The summed E-state index contributed by atoms with van der Waals surface area (Å²) in [6, 6.07) is 16.4. The zero-order valence-corrected chi connectivity index (χ0v) is 13.9. The van der Waals surface area contributed by atoms with E-state index in [9.17, 15) is 9.90 Å². The van der Waals surface area contributed by atoms with Crippen molar-refractivity contribution in [2.45, 2.75) is 0 Å². The van der Waals surface area contributed by atoms with Gasteiger partial charge in [0.05, 0.1) is 43.1 Å². The largest absolute Gasteiger partial charge is 0.506 e. The first-order chi connectivity index (χ1) is 12.2. The number of amides is 1. The van der Waals surface area contributed by atoms with Gasteiger partial charge in [-0.1, -0.05) is 24.3 Å². The van der Waals surface area contributed by atoms with E-state index in [4.69, 9.17) is 5.26 Å². The van der Waals surface area contributed by atoms with Gasteiger partial charge in [0.25, 0.3) is 5.91 Å². The number of carbonyl (C=O) groups excluding carboxylic acids is 1. The molecule has 0 atom stereocenters. The average Bonchev–Trinajstić information content (AvgIpc) is 2.63. The van der Waals surface area contributed by atoms with E-state index < -0.39 is 0 Å².